The fourth-order valence-corrected chi connectivity index (χ4v) is 6.19. The minimum atomic E-state index is -0.0189. The molecule has 6 rings (SSSR count). The van der Waals surface area contributed by atoms with Crippen LogP contribution in [0.2, 0.25) is 0 Å². The highest BCUT2D eigenvalue weighted by atomic mass is 32.2. The lowest BCUT2D eigenvalue weighted by atomic mass is 9.89. The van der Waals surface area contributed by atoms with E-state index in [0.717, 1.165) is 89.7 Å². The lowest BCUT2D eigenvalue weighted by Crippen LogP contribution is -2.03. The minimum absolute atomic E-state index is 0.0189. The average Bonchev–Trinajstić information content (AvgIpc) is 2.98. The van der Waals surface area contributed by atoms with Gasteiger partial charge in [0.2, 0.25) is 0 Å². The van der Waals surface area contributed by atoms with Crippen molar-refractivity contribution in [1.82, 2.24) is 0 Å². The van der Waals surface area contributed by atoms with Crippen LogP contribution in [-0.2, 0) is 35.1 Å². The number of hydrogen-bond acceptors (Lipinski definition) is 9. The molecule has 0 unspecified atom stereocenters. The van der Waals surface area contributed by atoms with Gasteiger partial charge in [0.15, 0.2) is 5.75 Å². The summed E-state index contributed by atoms with van der Waals surface area (Å²) in [6.07, 6.45) is 8.67. The molecule has 0 heterocycles. The number of aromatic hydroxyl groups is 1. The van der Waals surface area contributed by atoms with E-state index in [2.05, 4.69) is 48.0 Å². The zero-order chi connectivity index (χ0) is 27.5. The molecule has 4 aromatic rings. The molecule has 0 amide bonds. The van der Waals surface area contributed by atoms with Crippen LogP contribution in [0.4, 0.5) is 22.7 Å². The van der Waals surface area contributed by atoms with E-state index in [-0.39, 0.29) is 11.4 Å². The van der Waals surface area contributed by atoms with Crippen molar-refractivity contribution in [2.24, 2.45) is 20.5 Å². The molecule has 0 fully saturated rings. The summed E-state index contributed by atoms with van der Waals surface area (Å²) in [4.78, 5) is 0.456. The number of hydrogen-bond donors (Lipinski definition) is 2. The molecule has 0 saturated heterocycles. The monoisotopic (exact) mass is 554 g/mol. The van der Waals surface area contributed by atoms with E-state index < -0.39 is 0 Å². The van der Waals surface area contributed by atoms with Crippen LogP contribution < -0.4 is 0 Å². The van der Waals surface area contributed by atoms with Gasteiger partial charge in [-0.15, -0.1) is 9.45 Å². The second-order valence-electron chi connectivity index (χ2n) is 10.4. The Kier molecular flexibility index (Phi) is 7.88. The number of rotatable bonds is 7. The third-order valence-electron chi connectivity index (χ3n) is 7.71. The second-order valence-corrected chi connectivity index (χ2v) is 11.1. The molecule has 0 atom stereocenters. The van der Waals surface area contributed by atoms with Gasteiger partial charge in [-0.25, -0.2) is 5.26 Å². The van der Waals surface area contributed by atoms with Crippen molar-refractivity contribution in [1.29, 1.82) is 0 Å². The number of nitrogens with zero attached hydrogens (tertiary/aromatic N) is 4. The van der Waals surface area contributed by atoms with Gasteiger partial charge in [0.1, 0.15) is 5.69 Å². The first kappa shape index (κ1) is 26.6. The fraction of sp³-hybridized carbons (Fsp3) is 0.290. The SMILES string of the molecule is Cc1ccc2c(O)c(N=Nc3ccc(N=Nc4ccc5c(c4)CCCC5)c4c3CCCC4)c(SOOO)cc2c1. The number of phenolic OH excluding ortho intramolecular Hbond substituents is 1. The van der Waals surface area contributed by atoms with Crippen molar-refractivity contribution in [3.63, 3.8) is 0 Å². The third-order valence-corrected chi connectivity index (χ3v) is 8.33. The summed E-state index contributed by atoms with van der Waals surface area (Å²) in [5, 5.41) is 43.3. The van der Waals surface area contributed by atoms with Crippen molar-refractivity contribution in [2.75, 3.05) is 0 Å². The lowest BCUT2D eigenvalue weighted by Gasteiger charge is -2.19. The summed E-state index contributed by atoms with van der Waals surface area (Å²) >= 11 is 0.748. The molecule has 0 aromatic heterocycles. The Morgan fingerprint density at radius 2 is 1.43 bits per heavy atom. The molecule has 40 heavy (non-hydrogen) atoms. The molecule has 0 aliphatic heterocycles. The van der Waals surface area contributed by atoms with Gasteiger partial charge in [-0.2, -0.15) is 15.3 Å². The first-order valence-corrected chi connectivity index (χ1v) is 14.4. The topological polar surface area (TPSA) is 108 Å². The van der Waals surface area contributed by atoms with Gasteiger partial charge in [0, 0.05) is 5.39 Å². The zero-order valence-electron chi connectivity index (χ0n) is 22.3. The maximum absolute atomic E-state index is 11.1. The van der Waals surface area contributed by atoms with Crippen LogP contribution >= 0.6 is 12.0 Å². The van der Waals surface area contributed by atoms with Gasteiger partial charge in [0.25, 0.3) is 0 Å². The molecular weight excluding hydrogens is 524 g/mol. The van der Waals surface area contributed by atoms with Crippen molar-refractivity contribution in [3.05, 3.63) is 82.4 Å². The Morgan fingerprint density at radius 1 is 0.725 bits per heavy atom. The van der Waals surface area contributed by atoms with Crippen molar-refractivity contribution < 1.29 is 19.7 Å². The maximum Gasteiger partial charge on any atom is 0.152 e. The van der Waals surface area contributed by atoms with Crippen LogP contribution in [-0.4, -0.2) is 10.4 Å². The molecular formula is C31H30N4O4S. The van der Waals surface area contributed by atoms with E-state index in [0.29, 0.717) is 10.3 Å². The Balaban J connectivity index is 1.34. The highest BCUT2D eigenvalue weighted by Gasteiger charge is 2.19. The van der Waals surface area contributed by atoms with Crippen LogP contribution in [0.25, 0.3) is 10.8 Å². The van der Waals surface area contributed by atoms with E-state index in [9.17, 15) is 5.11 Å². The van der Waals surface area contributed by atoms with Gasteiger partial charge >= 0.3 is 0 Å². The van der Waals surface area contributed by atoms with Gasteiger partial charge < -0.3 is 5.11 Å². The van der Waals surface area contributed by atoms with Crippen LogP contribution in [0.5, 0.6) is 5.75 Å². The van der Waals surface area contributed by atoms with Crippen LogP contribution in [0.3, 0.4) is 0 Å². The van der Waals surface area contributed by atoms with Crippen molar-refractivity contribution in [2.45, 2.75) is 63.2 Å². The largest absolute Gasteiger partial charge is 0.505 e. The molecule has 0 radical (unpaired) electrons. The predicted octanol–water partition coefficient (Wildman–Crippen LogP) is 9.87. The smallest absolute Gasteiger partial charge is 0.152 e. The van der Waals surface area contributed by atoms with Crippen LogP contribution in [0, 0.1) is 6.92 Å². The predicted molar refractivity (Wildman–Crippen MR) is 156 cm³/mol. The van der Waals surface area contributed by atoms with Gasteiger partial charge in [0.05, 0.1) is 34.0 Å². The summed E-state index contributed by atoms with van der Waals surface area (Å²) in [6, 6.07) is 17.8. The third kappa shape index (κ3) is 5.51. The van der Waals surface area contributed by atoms with Crippen molar-refractivity contribution >= 4 is 45.6 Å². The van der Waals surface area contributed by atoms with E-state index in [1.807, 2.05) is 43.3 Å². The van der Waals surface area contributed by atoms with Crippen LogP contribution in [0.15, 0.2) is 79.9 Å². The Hall–Kier alpha value is -3.63. The zero-order valence-corrected chi connectivity index (χ0v) is 23.1. The number of aryl methyl sites for hydroxylation is 3. The molecule has 9 heteroatoms. The molecule has 204 valence electrons. The number of benzene rings is 4. The van der Waals surface area contributed by atoms with E-state index in [4.69, 9.17) is 5.26 Å². The molecule has 2 N–H and O–H groups in total. The molecule has 2 aliphatic carbocycles. The van der Waals surface area contributed by atoms with Gasteiger partial charge in [-0.1, -0.05) is 34.9 Å². The molecule has 2 aliphatic rings. The first-order chi connectivity index (χ1) is 19.6. The fourth-order valence-electron chi connectivity index (χ4n) is 5.70. The van der Waals surface area contributed by atoms with E-state index in [1.54, 1.807) is 0 Å². The lowest BCUT2D eigenvalue weighted by molar-refractivity contribution is -0.432. The molecule has 0 bridgehead atoms. The van der Waals surface area contributed by atoms with Gasteiger partial charge in [-0.05, 0) is 116 Å². The van der Waals surface area contributed by atoms with Crippen LogP contribution in [0.1, 0.15) is 53.5 Å². The number of azo groups is 2. The Bertz CT molecular complexity index is 1640. The van der Waals surface area contributed by atoms with Crippen molar-refractivity contribution in [3.8, 4) is 5.75 Å². The van der Waals surface area contributed by atoms with Gasteiger partial charge in [-0.3, -0.25) is 0 Å². The summed E-state index contributed by atoms with van der Waals surface area (Å²) in [5.41, 5.74) is 8.84. The highest BCUT2D eigenvalue weighted by molar-refractivity contribution is 7.94. The highest BCUT2D eigenvalue weighted by Crippen LogP contribution is 2.45. The quantitative estimate of drug-likeness (QED) is 0.102. The second kappa shape index (κ2) is 11.9. The summed E-state index contributed by atoms with van der Waals surface area (Å²) < 4.78 is 4.68. The standard InChI is InChI=1S/C31H30N4O4S/c1-19-10-13-24-22(16-19)18-29(40-39-38-37)30(31(24)36)35-34-28-15-14-27(25-8-4-5-9-26(25)28)33-32-23-12-11-20-6-2-3-7-21(20)17-23/h10-18,36-37H,2-9H2,1H3. The Labute approximate surface area is 236 Å². The average molecular weight is 555 g/mol. The van der Waals surface area contributed by atoms with E-state index >= 15 is 0 Å². The minimum Gasteiger partial charge on any atom is -0.505 e. The maximum atomic E-state index is 11.1. The Morgan fingerprint density at radius 3 is 2.17 bits per heavy atom. The first-order valence-electron chi connectivity index (χ1n) is 13.6. The summed E-state index contributed by atoms with van der Waals surface area (Å²) in [7, 11) is 0. The summed E-state index contributed by atoms with van der Waals surface area (Å²) in [6.45, 7) is 1.98. The number of phenols is 1. The molecule has 4 aromatic carbocycles. The number of fused-ring (bicyclic) bond motifs is 3. The summed E-state index contributed by atoms with van der Waals surface area (Å²) in [5.74, 6) is -0.0189. The van der Waals surface area contributed by atoms with E-state index in [1.165, 1.54) is 24.0 Å². The molecule has 8 nitrogen and oxygen atoms in total. The normalized spacial score (nSPS) is 15.2. The molecule has 0 saturated carbocycles. The molecule has 0 spiro atoms.